The van der Waals surface area contributed by atoms with Gasteiger partial charge in [-0.05, 0) is 56.7 Å². The van der Waals surface area contributed by atoms with Crippen LogP contribution in [0.5, 0.6) is 0 Å². The van der Waals surface area contributed by atoms with E-state index in [1.807, 2.05) is 0 Å². The maximum Gasteiger partial charge on any atom is 0.189 e. The number of rotatable bonds is 6. The van der Waals surface area contributed by atoms with E-state index >= 15 is 0 Å². The van der Waals surface area contributed by atoms with Gasteiger partial charge in [0, 0.05) is 21.7 Å². The largest absolute Gasteiger partial charge is 0.432 e. The average Bonchev–Trinajstić information content (AvgIpc) is 1.91. The van der Waals surface area contributed by atoms with E-state index in [9.17, 15) is 4.80 Å². The van der Waals surface area contributed by atoms with Gasteiger partial charge >= 0.3 is 0 Å². The van der Waals surface area contributed by atoms with Gasteiger partial charge in [-0.15, -0.1) is 0 Å². The molecule has 0 bridgehead atoms. The summed E-state index contributed by atoms with van der Waals surface area (Å²) in [4.78, 5) is 10.7. The maximum atomic E-state index is 10.7. The first kappa shape index (κ1) is 34.2. The molecule has 0 rings (SSSR count). The van der Waals surface area contributed by atoms with Gasteiger partial charge in [0.15, 0.2) is 8.32 Å². The van der Waals surface area contributed by atoms with Crippen LogP contribution in [0.3, 0.4) is 0 Å². The molecule has 4 nitrogen and oxygen atoms in total. The van der Waals surface area contributed by atoms with Gasteiger partial charge in [-0.3, -0.25) is 0 Å². The molecule has 0 aromatic heterocycles. The van der Waals surface area contributed by atoms with Crippen molar-refractivity contribution in [1.29, 1.82) is 0 Å². The molecule has 0 aliphatic carbocycles. The minimum Gasteiger partial charge on any atom is -0.432 e. The Morgan fingerprint density at radius 3 is 0.955 bits per heavy atom. The first-order chi connectivity index (χ1) is 8.25. The van der Waals surface area contributed by atoms with Crippen LogP contribution in [0.15, 0.2) is 0 Å². The van der Waals surface area contributed by atoms with Gasteiger partial charge in [0.2, 0.25) is 0 Å². The summed E-state index contributed by atoms with van der Waals surface area (Å²) in [6.45, 7) is 18.6. The Hall–Kier alpha value is 0.771. The second-order valence-electron chi connectivity index (χ2n) is 8.19. The standard InChI is InChI=1S/C12H28OSi.C4H10O.2H2O.Ti/c1-10(2)7-14(13,8-11(3)4)9-12(5)6;1-4(2,3)5;;;/h10-13H,7-9H2,1-6H3;5H,1-3H3;2*1H2;. The van der Waals surface area contributed by atoms with E-state index in [1.54, 1.807) is 20.8 Å². The molecule has 0 saturated carbocycles. The van der Waals surface area contributed by atoms with E-state index in [0.29, 0.717) is 17.8 Å². The van der Waals surface area contributed by atoms with Crippen LogP contribution in [0, 0.1) is 17.8 Å². The monoisotopic (exact) mass is 374 g/mol. The molecule has 0 fully saturated rings. The third-order valence-electron chi connectivity index (χ3n) is 2.36. The zero-order chi connectivity index (χ0) is 15.9. The summed E-state index contributed by atoms with van der Waals surface area (Å²) in [6, 6.07) is 3.22. The number of hydrogen-bond donors (Lipinski definition) is 2. The number of hydrogen-bond acceptors (Lipinski definition) is 2. The third-order valence-corrected chi connectivity index (χ3v) is 7.09. The fourth-order valence-electron chi connectivity index (χ4n) is 2.53. The fourth-order valence-corrected chi connectivity index (χ4v) is 7.59. The summed E-state index contributed by atoms with van der Waals surface area (Å²) < 4.78 is 0. The first-order valence-electron chi connectivity index (χ1n) is 7.70. The topological polar surface area (TPSA) is 103 Å². The van der Waals surface area contributed by atoms with Crippen LogP contribution in [0.25, 0.3) is 0 Å². The van der Waals surface area contributed by atoms with Crippen LogP contribution in [-0.4, -0.2) is 34.8 Å². The van der Waals surface area contributed by atoms with E-state index in [4.69, 9.17) is 5.11 Å². The summed E-state index contributed by atoms with van der Waals surface area (Å²) in [6.07, 6.45) is 0. The summed E-state index contributed by atoms with van der Waals surface area (Å²) in [5.74, 6) is 1.93. The molecule has 0 spiro atoms. The summed E-state index contributed by atoms with van der Waals surface area (Å²) >= 11 is 0. The zero-order valence-electron chi connectivity index (χ0n) is 16.2. The minimum atomic E-state index is -1.94. The zero-order valence-corrected chi connectivity index (χ0v) is 18.8. The third kappa shape index (κ3) is 32.6. The maximum absolute atomic E-state index is 10.7. The van der Waals surface area contributed by atoms with Crippen molar-refractivity contribution >= 4 is 8.32 Å². The van der Waals surface area contributed by atoms with Crippen molar-refractivity contribution in [3.63, 3.8) is 0 Å². The summed E-state index contributed by atoms with van der Waals surface area (Å²) in [5.41, 5.74) is -0.500. The molecule has 6 N–H and O–H groups in total. The van der Waals surface area contributed by atoms with Crippen LogP contribution in [0.1, 0.15) is 62.3 Å². The van der Waals surface area contributed by atoms with Crippen LogP contribution < -0.4 is 0 Å². The van der Waals surface area contributed by atoms with E-state index < -0.39 is 13.9 Å². The van der Waals surface area contributed by atoms with Gasteiger partial charge in [-0.25, -0.2) is 0 Å². The van der Waals surface area contributed by atoms with Crippen molar-refractivity contribution in [3.05, 3.63) is 0 Å². The fraction of sp³-hybridized carbons (Fsp3) is 1.00. The van der Waals surface area contributed by atoms with E-state index in [1.165, 1.54) is 0 Å². The van der Waals surface area contributed by atoms with Crippen molar-refractivity contribution < 1.29 is 42.6 Å². The van der Waals surface area contributed by atoms with Crippen LogP contribution in [0.2, 0.25) is 18.1 Å². The molecule has 138 valence electrons. The Kier molecular flexibility index (Phi) is 23.8. The predicted octanol–water partition coefficient (Wildman–Crippen LogP) is 3.02. The molecule has 0 aliphatic rings. The molecule has 0 aliphatic heterocycles. The van der Waals surface area contributed by atoms with Crippen LogP contribution >= 0.6 is 0 Å². The second kappa shape index (κ2) is 15.3. The Labute approximate surface area is 154 Å². The molecule has 0 unspecified atom stereocenters. The Bertz CT molecular complexity index is 196. The molecular formula is C16H42O4SiTi. The number of aliphatic hydroxyl groups is 1. The van der Waals surface area contributed by atoms with E-state index in [0.717, 1.165) is 18.1 Å². The van der Waals surface area contributed by atoms with Crippen molar-refractivity contribution in [2.24, 2.45) is 17.8 Å². The molecule has 0 aromatic rings. The molecule has 0 aromatic carbocycles. The minimum absolute atomic E-state index is 0. The van der Waals surface area contributed by atoms with Gasteiger partial charge in [-0.1, -0.05) is 41.5 Å². The molecule has 0 atom stereocenters. The summed E-state index contributed by atoms with van der Waals surface area (Å²) in [5, 5.41) is 8.52. The Morgan fingerprint density at radius 2 is 0.864 bits per heavy atom. The van der Waals surface area contributed by atoms with Crippen molar-refractivity contribution in [2.75, 3.05) is 0 Å². The average molecular weight is 374 g/mol. The Balaban J connectivity index is -0.000000105. The van der Waals surface area contributed by atoms with Crippen molar-refractivity contribution in [1.82, 2.24) is 0 Å². The quantitative estimate of drug-likeness (QED) is 0.698. The van der Waals surface area contributed by atoms with Gasteiger partial charge in [0.05, 0.1) is 5.60 Å². The predicted molar refractivity (Wildman–Crippen MR) is 96.1 cm³/mol. The second-order valence-corrected chi connectivity index (χ2v) is 11.9. The van der Waals surface area contributed by atoms with Gasteiger partial charge < -0.3 is 20.9 Å². The van der Waals surface area contributed by atoms with Gasteiger partial charge in [0.1, 0.15) is 0 Å². The normalized spacial score (nSPS) is 11.2. The Morgan fingerprint density at radius 1 is 0.727 bits per heavy atom. The van der Waals surface area contributed by atoms with E-state index in [2.05, 4.69) is 41.5 Å². The smallest absolute Gasteiger partial charge is 0.189 e. The molecule has 0 amide bonds. The molecule has 6 heteroatoms. The van der Waals surface area contributed by atoms with E-state index in [-0.39, 0.29) is 32.7 Å². The summed E-state index contributed by atoms with van der Waals surface area (Å²) in [7, 11) is -1.94. The molecular weight excluding hydrogens is 332 g/mol. The van der Waals surface area contributed by atoms with Crippen molar-refractivity contribution in [2.45, 2.75) is 86.0 Å². The molecule has 0 heterocycles. The van der Waals surface area contributed by atoms with Crippen molar-refractivity contribution in [3.8, 4) is 0 Å². The van der Waals surface area contributed by atoms with Gasteiger partial charge in [0.25, 0.3) is 0 Å². The molecule has 0 radical (unpaired) electrons. The first-order valence-corrected chi connectivity index (χ1v) is 10.3. The van der Waals surface area contributed by atoms with Crippen LogP contribution in [0.4, 0.5) is 0 Å². The molecule has 0 saturated heterocycles. The van der Waals surface area contributed by atoms with Crippen LogP contribution in [-0.2, 0) is 21.7 Å². The SMILES string of the molecule is CC(C)(C)O.CC(C)C[Si](O)(CC(C)C)CC(C)C.O.O.[Ti]. The van der Waals surface area contributed by atoms with Gasteiger partial charge in [-0.2, -0.15) is 0 Å². The molecule has 22 heavy (non-hydrogen) atoms.